The zero-order chi connectivity index (χ0) is 24.0. The van der Waals surface area contributed by atoms with E-state index >= 15 is 0 Å². The molecule has 33 heavy (non-hydrogen) atoms. The normalized spacial score (nSPS) is 14.4. The summed E-state index contributed by atoms with van der Waals surface area (Å²) in [6.45, 7) is 5.99. The number of carbonyl (C=O) groups is 2. The number of nitrogens with one attached hydrogen (secondary N) is 1. The van der Waals surface area contributed by atoms with Gasteiger partial charge in [0.25, 0.3) is 5.91 Å². The van der Waals surface area contributed by atoms with Crippen molar-refractivity contribution in [2.24, 2.45) is 0 Å². The fourth-order valence-corrected chi connectivity index (χ4v) is 5.13. The lowest BCUT2D eigenvalue weighted by Crippen LogP contribution is -2.49. The summed E-state index contributed by atoms with van der Waals surface area (Å²) in [7, 11) is 4.71. The maximum absolute atomic E-state index is 12.5. The fraction of sp³-hybridized carbons (Fsp3) is 0.375. The Balaban J connectivity index is 1.61. The van der Waals surface area contributed by atoms with Crippen LogP contribution in [0.15, 0.2) is 36.4 Å². The Kier molecular flexibility index (Phi) is 8.60. The van der Waals surface area contributed by atoms with E-state index in [1.807, 2.05) is 18.2 Å². The number of benzene rings is 1. The van der Waals surface area contributed by atoms with Gasteiger partial charge in [-0.3, -0.25) is 9.69 Å². The highest BCUT2D eigenvalue weighted by Gasteiger charge is 2.27. The van der Waals surface area contributed by atoms with Crippen LogP contribution in [0.2, 0.25) is 0 Å². The van der Waals surface area contributed by atoms with E-state index in [0.29, 0.717) is 26.1 Å². The molecule has 3 rings (SSSR count). The Bertz CT molecular complexity index is 1030. The molecular formula is C24H30N4O3S2. The number of ether oxygens (including phenoxy) is 1. The van der Waals surface area contributed by atoms with Crippen LogP contribution < -0.4 is 5.32 Å². The molecule has 7 nitrogen and oxygen atoms in total. The van der Waals surface area contributed by atoms with Crippen molar-refractivity contribution in [3.05, 3.63) is 58.0 Å². The number of anilines is 1. The number of methoxy groups -OCH3 is 1. The number of amides is 1. The van der Waals surface area contributed by atoms with Crippen molar-refractivity contribution in [3.63, 3.8) is 0 Å². The summed E-state index contributed by atoms with van der Waals surface area (Å²) in [5.41, 5.74) is 2.16. The summed E-state index contributed by atoms with van der Waals surface area (Å²) in [5, 5.41) is 4.29. The molecule has 2 heterocycles. The molecule has 2 aromatic rings. The number of nitrogens with zero attached hydrogens (tertiary/aromatic N) is 3. The van der Waals surface area contributed by atoms with Crippen molar-refractivity contribution in [2.75, 3.05) is 59.2 Å². The minimum atomic E-state index is -0.484. The molecule has 0 spiro atoms. The highest BCUT2D eigenvalue weighted by Crippen LogP contribution is 2.34. The third-order valence-electron chi connectivity index (χ3n) is 5.49. The number of rotatable bonds is 6. The number of esters is 1. The molecule has 0 aliphatic carbocycles. The second-order valence-electron chi connectivity index (χ2n) is 7.98. The maximum atomic E-state index is 12.5. The Morgan fingerprint density at radius 1 is 1.18 bits per heavy atom. The molecule has 0 saturated carbocycles. The molecule has 0 atom stereocenters. The number of hydrogen-bond donors (Lipinski definition) is 1. The van der Waals surface area contributed by atoms with E-state index in [2.05, 4.69) is 39.4 Å². The third kappa shape index (κ3) is 6.19. The van der Waals surface area contributed by atoms with E-state index in [1.165, 1.54) is 28.9 Å². The van der Waals surface area contributed by atoms with E-state index in [0.717, 1.165) is 32.7 Å². The van der Waals surface area contributed by atoms with Gasteiger partial charge in [0, 0.05) is 46.8 Å². The summed E-state index contributed by atoms with van der Waals surface area (Å²) in [6.07, 6.45) is 4.32. The first-order valence-electron chi connectivity index (χ1n) is 10.7. The van der Waals surface area contributed by atoms with Gasteiger partial charge in [-0.05, 0) is 30.3 Å². The molecule has 1 saturated heterocycles. The van der Waals surface area contributed by atoms with Gasteiger partial charge in [0.15, 0.2) is 5.11 Å². The molecule has 1 aromatic heterocycles. The van der Waals surface area contributed by atoms with Crippen LogP contribution in [0.5, 0.6) is 0 Å². The predicted octanol–water partition coefficient (Wildman–Crippen LogP) is 3.57. The summed E-state index contributed by atoms with van der Waals surface area (Å²) in [5.74, 6) is -0.638. The van der Waals surface area contributed by atoms with Gasteiger partial charge in [-0.25, -0.2) is 4.79 Å². The standard InChI is InChI=1S/C24H30N4O3S2/c1-17-19(23(30)31-4)21(33-20(17)22(29)26(2)3)25-24(32)28-15-13-27(14-16-28)12-8-11-18-9-6-5-7-10-18/h5-11H,12-16H2,1-4H3,(H,25,32)/b11-8+. The van der Waals surface area contributed by atoms with Crippen LogP contribution in [0.4, 0.5) is 5.00 Å². The molecule has 9 heteroatoms. The van der Waals surface area contributed by atoms with Gasteiger partial charge in [-0.2, -0.15) is 0 Å². The van der Waals surface area contributed by atoms with Gasteiger partial charge in [0.05, 0.1) is 17.6 Å². The third-order valence-corrected chi connectivity index (χ3v) is 7.05. The predicted molar refractivity (Wildman–Crippen MR) is 138 cm³/mol. The molecule has 0 unspecified atom stereocenters. The van der Waals surface area contributed by atoms with Crippen molar-refractivity contribution in [2.45, 2.75) is 6.92 Å². The highest BCUT2D eigenvalue weighted by atomic mass is 32.1. The Hall–Kier alpha value is -2.75. The van der Waals surface area contributed by atoms with Gasteiger partial charge < -0.3 is 19.9 Å². The molecule has 176 valence electrons. The van der Waals surface area contributed by atoms with Crippen LogP contribution >= 0.6 is 23.6 Å². The number of carbonyl (C=O) groups excluding carboxylic acids is 2. The lowest BCUT2D eigenvalue weighted by Gasteiger charge is -2.35. The first kappa shape index (κ1) is 24.9. The minimum Gasteiger partial charge on any atom is -0.465 e. The smallest absolute Gasteiger partial charge is 0.341 e. The first-order chi connectivity index (χ1) is 15.8. The minimum absolute atomic E-state index is 0.154. The summed E-state index contributed by atoms with van der Waals surface area (Å²) >= 11 is 6.87. The lowest BCUT2D eigenvalue weighted by atomic mass is 10.1. The second-order valence-corrected chi connectivity index (χ2v) is 9.39. The molecule has 1 aliphatic heterocycles. The average Bonchev–Trinajstić information content (AvgIpc) is 3.14. The molecule has 1 aliphatic rings. The monoisotopic (exact) mass is 486 g/mol. The maximum Gasteiger partial charge on any atom is 0.341 e. The van der Waals surface area contributed by atoms with Gasteiger partial charge in [0.2, 0.25) is 0 Å². The zero-order valence-corrected chi connectivity index (χ0v) is 21.1. The van der Waals surface area contributed by atoms with E-state index < -0.39 is 5.97 Å². The SMILES string of the molecule is COC(=O)c1c(NC(=S)N2CCN(C/C=C/c3ccccc3)CC2)sc(C(=O)N(C)C)c1C. The van der Waals surface area contributed by atoms with Crippen molar-refractivity contribution in [3.8, 4) is 0 Å². The van der Waals surface area contributed by atoms with Crippen molar-refractivity contribution < 1.29 is 14.3 Å². The van der Waals surface area contributed by atoms with E-state index in [4.69, 9.17) is 17.0 Å². The van der Waals surface area contributed by atoms with Gasteiger partial charge in [0.1, 0.15) is 5.00 Å². The van der Waals surface area contributed by atoms with E-state index in [1.54, 1.807) is 21.0 Å². The van der Waals surface area contributed by atoms with Crippen molar-refractivity contribution in [1.82, 2.24) is 14.7 Å². The fourth-order valence-electron chi connectivity index (χ4n) is 3.57. The molecule has 1 aromatic carbocycles. The first-order valence-corrected chi connectivity index (χ1v) is 12.0. The largest absolute Gasteiger partial charge is 0.465 e. The van der Waals surface area contributed by atoms with Gasteiger partial charge in [-0.15, -0.1) is 11.3 Å². The topological polar surface area (TPSA) is 65.1 Å². The molecule has 1 N–H and O–H groups in total. The summed E-state index contributed by atoms with van der Waals surface area (Å²) in [4.78, 5) is 31.4. The molecule has 1 fully saturated rings. The quantitative estimate of drug-likeness (QED) is 0.495. The Morgan fingerprint density at radius 3 is 2.45 bits per heavy atom. The van der Waals surface area contributed by atoms with Crippen molar-refractivity contribution in [1.29, 1.82) is 0 Å². The Morgan fingerprint density at radius 2 is 1.85 bits per heavy atom. The summed E-state index contributed by atoms with van der Waals surface area (Å²) in [6, 6.07) is 10.3. The van der Waals surface area contributed by atoms with Crippen LogP contribution in [-0.2, 0) is 4.74 Å². The number of piperazine rings is 1. The number of thiophene rings is 1. The van der Waals surface area contributed by atoms with Crippen molar-refractivity contribution >= 4 is 51.6 Å². The van der Waals surface area contributed by atoms with E-state index in [9.17, 15) is 9.59 Å². The number of hydrogen-bond acceptors (Lipinski definition) is 6. The summed E-state index contributed by atoms with van der Waals surface area (Å²) < 4.78 is 4.95. The lowest BCUT2D eigenvalue weighted by molar-refractivity contribution is 0.0601. The zero-order valence-electron chi connectivity index (χ0n) is 19.5. The number of thiocarbonyl (C=S) groups is 1. The molecular weight excluding hydrogens is 456 g/mol. The van der Waals surface area contributed by atoms with Gasteiger partial charge in [-0.1, -0.05) is 42.5 Å². The Labute approximate surface area is 204 Å². The van der Waals surface area contributed by atoms with Crippen LogP contribution in [0.3, 0.4) is 0 Å². The van der Waals surface area contributed by atoms with Crippen LogP contribution in [0.25, 0.3) is 6.08 Å². The van der Waals surface area contributed by atoms with Crippen LogP contribution in [-0.4, -0.2) is 85.6 Å². The average molecular weight is 487 g/mol. The highest BCUT2D eigenvalue weighted by molar-refractivity contribution is 7.80. The van der Waals surface area contributed by atoms with Crippen LogP contribution in [0.1, 0.15) is 31.2 Å². The molecule has 0 radical (unpaired) electrons. The molecule has 1 amide bonds. The van der Waals surface area contributed by atoms with E-state index in [-0.39, 0.29) is 5.91 Å². The second kappa shape index (κ2) is 11.4. The molecule has 0 bridgehead atoms. The van der Waals surface area contributed by atoms with Gasteiger partial charge >= 0.3 is 5.97 Å². The van der Waals surface area contributed by atoms with Crippen LogP contribution in [0, 0.1) is 6.92 Å².